The quantitative estimate of drug-likeness (QED) is 0.487. The Hall–Kier alpha value is -3.29. The first-order valence-corrected chi connectivity index (χ1v) is 10.6. The van der Waals surface area contributed by atoms with E-state index in [2.05, 4.69) is 26.5 Å². The van der Waals surface area contributed by atoms with Gasteiger partial charge in [0.15, 0.2) is 11.6 Å². The van der Waals surface area contributed by atoms with Crippen LogP contribution in [0.15, 0.2) is 30.6 Å². The van der Waals surface area contributed by atoms with Gasteiger partial charge in [0.2, 0.25) is 5.82 Å². The van der Waals surface area contributed by atoms with E-state index in [1.54, 1.807) is 16.9 Å². The predicted molar refractivity (Wildman–Crippen MR) is 114 cm³/mol. The number of pyridine rings is 1. The zero-order chi connectivity index (χ0) is 22.5. The maximum atomic E-state index is 15.2. The van der Waals surface area contributed by atoms with Crippen molar-refractivity contribution < 1.29 is 19.3 Å². The average Bonchev–Trinajstić information content (AvgIpc) is 3.25. The van der Waals surface area contributed by atoms with E-state index in [1.807, 2.05) is 18.2 Å². The molecule has 1 fully saturated rings. The van der Waals surface area contributed by atoms with Crippen molar-refractivity contribution >= 4 is 11.3 Å². The SMILES string of the molecule is N#CC[C@H]1CC[C@H](Nc2nc(-c3cnn4ccccc34)nc(OC[C@H](O)CO)c2F)CC1. The molecule has 0 aromatic carbocycles. The van der Waals surface area contributed by atoms with E-state index in [1.165, 1.54) is 0 Å². The summed E-state index contributed by atoms with van der Waals surface area (Å²) in [5.41, 5.74) is 1.36. The normalized spacial score (nSPS) is 19.4. The van der Waals surface area contributed by atoms with Crippen LogP contribution in [0.3, 0.4) is 0 Å². The number of hydrogen-bond donors (Lipinski definition) is 3. The highest BCUT2D eigenvalue weighted by molar-refractivity contribution is 5.76. The highest BCUT2D eigenvalue weighted by atomic mass is 19.1. The van der Waals surface area contributed by atoms with Gasteiger partial charge in [0, 0.05) is 18.7 Å². The largest absolute Gasteiger partial charge is 0.473 e. The minimum Gasteiger partial charge on any atom is -0.473 e. The van der Waals surface area contributed by atoms with Crippen molar-refractivity contribution in [3.63, 3.8) is 0 Å². The summed E-state index contributed by atoms with van der Waals surface area (Å²) in [6.45, 7) is -0.817. The molecule has 168 valence electrons. The highest BCUT2D eigenvalue weighted by Gasteiger charge is 2.25. The molecule has 3 N–H and O–H groups in total. The van der Waals surface area contributed by atoms with Gasteiger partial charge in [-0.15, -0.1) is 0 Å². The summed E-state index contributed by atoms with van der Waals surface area (Å²) in [5, 5.41) is 35.0. The second-order valence-electron chi connectivity index (χ2n) is 7.98. The molecule has 0 unspecified atom stereocenters. The molecular weight excluding hydrogens is 415 g/mol. The Labute approximate surface area is 184 Å². The lowest BCUT2D eigenvalue weighted by molar-refractivity contribution is 0.0507. The van der Waals surface area contributed by atoms with E-state index >= 15 is 4.39 Å². The molecule has 0 radical (unpaired) electrons. The van der Waals surface area contributed by atoms with Crippen molar-refractivity contribution in [1.29, 1.82) is 5.26 Å². The van der Waals surface area contributed by atoms with Crippen LogP contribution in [0, 0.1) is 23.1 Å². The third-order valence-corrected chi connectivity index (χ3v) is 5.68. The lowest BCUT2D eigenvalue weighted by Crippen LogP contribution is -2.27. The van der Waals surface area contributed by atoms with E-state index in [0.717, 1.165) is 31.2 Å². The number of aliphatic hydroxyl groups is 2. The number of aliphatic hydroxyl groups excluding tert-OH is 2. The topological polar surface area (TPSA) is 129 Å². The number of nitriles is 1. The summed E-state index contributed by atoms with van der Waals surface area (Å²) in [6, 6.07) is 7.79. The Kier molecular flexibility index (Phi) is 6.78. The van der Waals surface area contributed by atoms with Gasteiger partial charge in [0.25, 0.3) is 5.88 Å². The van der Waals surface area contributed by atoms with Gasteiger partial charge < -0.3 is 20.3 Å². The van der Waals surface area contributed by atoms with Crippen molar-refractivity contribution in [2.45, 2.75) is 44.2 Å². The molecule has 1 aliphatic carbocycles. The molecule has 4 rings (SSSR count). The molecule has 0 saturated heterocycles. The number of fused-ring (bicyclic) bond motifs is 1. The molecule has 1 aliphatic rings. The summed E-state index contributed by atoms with van der Waals surface area (Å²) in [7, 11) is 0. The monoisotopic (exact) mass is 440 g/mol. The molecule has 1 atom stereocenters. The third-order valence-electron chi connectivity index (χ3n) is 5.68. The van der Waals surface area contributed by atoms with Gasteiger partial charge in [-0.2, -0.15) is 19.7 Å². The van der Waals surface area contributed by atoms with Crippen LogP contribution in [0.2, 0.25) is 0 Å². The highest BCUT2D eigenvalue weighted by Crippen LogP contribution is 2.32. The van der Waals surface area contributed by atoms with Crippen molar-refractivity contribution in [2.75, 3.05) is 18.5 Å². The van der Waals surface area contributed by atoms with Crippen LogP contribution in [-0.2, 0) is 0 Å². The maximum absolute atomic E-state index is 15.2. The number of anilines is 1. The van der Waals surface area contributed by atoms with E-state index in [9.17, 15) is 5.11 Å². The number of rotatable bonds is 8. The van der Waals surface area contributed by atoms with Crippen LogP contribution < -0.4 is 10.1 Å². The molecular formula is C22H25FN6O3. The molecule has 32 heavy (non-hydrogen) atoms. The molecule has 9 nitrogen and oxygen atoms in total. The van der Waals surface area contributed by atoms with Crippen molar-refractivity contribution in [3.8, 4) is 23.3 Å². The fraction of sp³-hybridized carbons (Fsp3) is 0.455. The molecule has 3 heterocycles. The zero-order valence-electron chi connectivity index (χ0n) is 17.5. The van der Waals surface area contributed by atoms with Gasteiger partial charge in [0.1, 0.15) is 12.7 Å². The average molecular weight is 440 g/mol. The summed E-state index contributed by atoms with van der Waals surface area (Å²) >= 11 is 0. The van der Waals surface area contributed by atoms with Crippen LogP contribution in [0.25, 0.3) is 16.9 Å². The third kappa shape index (κ3) is 4.79. The second-order valence-corrected chi connectivity index (χ2v) is 7.98. The van der Waals surface area contributed by atoms with Crippen LogP contribution in [0.1, 0.15) is 32.1 Å². The fourth-order valence-corrected chi connectivity index (χ4v) is 3.91. The predicted octanol–water partition coefficient (Wildman–Crippen LogP) is 2.55. The number of nitrogens with one attached hydrogen (secondary N) is 1. The number of hydrogen-bond acceptors (Lipinski definition) is 8. The Balaban J connectivity index is 1.64. The van der Waals surface area contributed by atoms with Crippen molar-refractivity contribution in [3.05, 3.63) is 36.4 Å². The first-order valence-electron chi connectivity index (χ1n) is 10.6. The molecule has 10 heteroatoms. The molecule has 0 spiro atoms. The Morgan fingerprint density at radius 1 is 1.28 bits per heavy atom. The number of halogens is 1. The zero-order valence-corrected chi connectivity index (χ0v) is 17.5. The van der Waals surface area contributed by atoms with Gasteiger partial charge in [-0.25, -0.2) is 9.50 Å². The van der Waals surface area contributed by atoms with Crippen LogP contribution in [-0.4, -0.2) is 55.2 Å². The van der Waals surface area contributed by atoms with Crippen molar-refractivity contribution in [1.82, 2.24) is 19.6 Å². The second kappa shape index (κ2) is 9.89. The first kappa shape index (κ1) is 21.9. The molecule has 3 aromatic heterocycles. The summed E-state index contributed by atoms with van der Waals surface area (Å²) < 4.78 is 22.2. The van der Waals surface area contributed by atoms with Crippen molar-refractivity contribution in [2.24, 2.45) is 5.92 Å². The molecule has 1 saturated carbocycles. The molecule has 0 bridgehead atoms. The number of ether oxygens (including phenoxy) is 1. The summed E-state index contributed by atoms with van der Waals surface area (Å²) in [5.74, 6) is -0.432. The Morgan fingerprint density at radius 3 is 2.84 bits per heavy atom. The lowest BCUT2D eigenvalue weighted by atomic mass is 9.84. The summed E-state index contributed by atoms with van der Waals surface area (Å²) in [4.78, 5) is 8.66. The van der Waals surface area contributed by atoms with Gasteiger partial charge in [0.05, 0.1) is 30.0 Å². The Morgan fingerprint density at radius 2 is 2.09 bits per heavy atom. The van der Waals surface area contributed by atoms with Crippen LogP contribution in [0.4, 0.5) is 10.2 Å². The molecule has 3 aromatic rings. The molecule has 0 aliphatic heterocycles. The minimum absolute atomic E-state index is 0.0157. The van der Waals surface area contributed by atoms with Gasteiger partial charge in [-0.1, -0.05) is 6.07 Å². The number of nitrogens with zero attached hydrogens (tertiary/aromatic N) is 5. The van der Waals surface area contributed by atoms with E-state index in [4.69, 9.17) is 15.1 Å². The van der Waals surface area contributed by atoms with E-state index in [-0.39, 0.29) is 30.2 Å². The number of aromatic nitrogens is 4. The Bertz CT molecular complexity index is 1110. The minimum atomic E-state index is -1.16. The van der Waals surface area contributed by atoms with Gasteiger partial charge in [-0.3, -0.25) is 0 Å². The lowest BCUT2D eigenvalue weighted by Gasteiger charge is -2.28. The standard InChI is InChI=1S/C22H25FN6O3/c23-19-21(26-15-6-4-14(5-7-15)8-9-24)27-20(28-22(19)32-13-16(31)12-30)17-11-25-29-10-2-1-3-18(17)29/h1-3,10-11,14-16,30-31H,4-8,12-13H2,(H,26,27,28)/t14-,15-,16-/m1/s1. The van der Waals surface area contributed by atoms with Gasteiger partial charge >= 0.3 is 0 Å². The van der Waals surface area contributed by atoms with E-state index < -0.39 is 18.5 Å². The fourth-order valence-electron chi connectivity index (χ4n) is 3.91. The summed E-state index contributed by atoms with van der Waals surface area (Å²) in [6.07, 6.45) is 6.18. The maximum Gasteiger partial charge on any atom is 0.256 e. The van der Waals surface area contributed by atoms with Crippen LogP contribution in [0.5, 0.6) is 5.88 Å². The smallest absolute Gasteiger partial charge is 0.256 e. The first-order chi connectivity index (χ1) is 15.6. The van der Waals surface area contributed by atoms with Gasteiger partial charge in [-0.05, 0) is 43.7 Å². The van der Waals surface area contributed by atoms with E-state index in [0.29, 0.717) is 17.9 Å². The van der Waals surface area contributed by atoms with Crippen LogP contribution >= 0.6 is 0 Å². The molecule has 0 amide bonds.